The zero-order valence-corrected chi connectivity index (χ0v) is 12.8. The molecule has 1 fully saturated rings. The molecule has 1 aliphatic rings. The van der Waals surface area contributed by atoms with Crippen molar-refractivity contribution in [2.24, 2.45) is 13.0 Å². The summed E-state index contributed by atoms with van der Waals surface area (Å²) in [6, 6.07) is 8.41. The van der Waals surface area contributed by atoms with Gasteiger partial charge in [-0.3, -0.25) is 14.4 Å². The highest BCUT2D eigenvalue weighted by molar-refractivity contribution is 6.06. The number of amides is 1. The first kappa shape index (κ1) is 15.3. The first-order chi connectivity index (χ1) is 11.0. The fourth-order valence-electron chi connectivity index (χ4n) is 3.20. The second-order valence-corrected chi connectivity index (χ2v) is 5.99. The Kier molecular flexibility index (Phi) is 3.90. The summed E-state index contributed by atoms with van der Waals surface area (Å²) in [4.78, 5) is 35.6. The molecule has 23 heavy (non-hydrogen) atoms. The van der Waals surface area contributed by atoms with Crippen LogP contribution < -0.4 is 10.9 Å². The Morgan fingerprint density at radius 2 is 2.00 bits per heavy atom. The van der Waals surface area contributed by atoms with Gasteiger partial charge in [0, 0.05) is 24.5 Å². The zero-order valence-electron chi connectivity index (χ0n) is 12.8. The van der Waals surface area contributed by atoms with Crippen molar-refractivity contribution in [3.8, 4) is 0 Å². The van der Waals surface area contributed by atoms with Gasteiger partial charge < -0.3 is 15.0 Å². The van der Waals surface area contributed by atoms with Crippen LogP contribution in [0.25, 0.3) is 10.9 Å². The Labute approximate surface area is 132 Å². The van der Waals surface area contributed by atoms with Crippen molar-refractivity contribution in [1.82, 2.24) is 9.88 Å². The van der Waals surface area contributed by atoms with Gasteiger partial charge in [0.1, 0.15) is 0 Å². The molecule has 0 radical (unpaired) electrons. The molecule has 0 unspecified atom stereocenters. The number of carboxylic acid groups (broad SMARTS) is 1. The summed E-state index contributed by atoms with van der Waals surface area (Å²) >= 11 is 0. The van der Waals surface area contributed by atoms with Gasteiger partial charge in [0.05, 0.1) is 17.0 Å². The van der Waals surface area contributed by atoms with Crippen LogP contribution in [0.3, 0.4) is 0 Å². The fraction of sp³-hybridized carbons (Fsp3) is 0.353. The second-order valence-electron chi connectivity index (χ2n) is 5.99. The molecule has 0 bridgehead atoms. The number of aliphatic carboxylic acids is 1. The van der Waals surface area contributed by atoms with Gasteiger partial charge in [-0.2, -0.15) is 0 Å². The first-order valence-electron chi connectivity index (χ1n) is 7.60. The molecule has 0 saturated heterocycles. The molecular weight excluding hydrogens is 296 g/mol. The molecular formula is C17H18N2O4. The van der Waals surface area contributed by atoms with Crippen LogP contribution in [0.4, 0.5) is 0 Å². The molecule has 3 rings (SSSR count). The molecule has 2 N–H and O–H groups in total. The van der Waals surface area contributed by atoms with E-state index in [0.717, 1.165) is 0 Å². The van der Waals surface area contributed by atoms with Crippen LogP contribution in [0, 0.1) is 5.92 Å². The molecule has 6 heteroatoms. The summed E-state index contributed by atoms with van der Waals surface area (Å²) < 4.78 is 1.50. The maximum absolute atomic E-state index is 12.5. The highest BCUT2D eigenvalue weighted by atomic mass is 16.4. The molecule has 1 saturated carbocycles. The van der Waals surface area contributed by atoms with Gasteiger partial charge in [-0.25, -0.2) is 0 Å². The van der Waals surface area contributed by atoms with Crippen LogP contribution in [0.1, 0.15) is 29.6 Å². The monoisotopic (exact) mass is 314 g/mol. The highest BCUT2D eigenvalue weighted by Crippen LogP contribution is 2.26. The minimum Gasteiger partial charge on any atom is -0.481 e. The Balaban J connectivity index is 1.89. The molecule has 1 aliphatic carbocycles. The number of aryl methyl sites for hydroxylation is 1. The topological polar surface area (TPSA) is 88.4 Å². The number of benzene rings is 1. The van der Waals surface area contributed by atoms with Gasteiger partial charge in [-0.05, 0) is 25.3 Å². The van der Waals surface area contributed by atoms with E-state index in [1.54, 1.807) is 19.2 Å². The molecule has 2 aromatic rings. The molecule has 0 spiro atoms. The molecule has 120 valence electrons. The van der Waals surface area contributed by atoms with Crippen LogP contribution in [-0.4, -0.2) is 27.6 Å². The number of aromatic nitrogens is 1. The third-order valence-corrected chi connectivity index (χ3v) is 4.52. The van der Waals surface area contributed by atoms with Crippen molar-refractivity contribution in [3.63, 3.8) is 0 Å². The molecule has 1 aromatic heterocycles. The van der Waals surface area contributed by atoms with Gasteiger partial charge in [0.25, 0.3) is 11.5 Å². The summed E-state index contributed by atoms with van der Waals surface area (Å²) in [7, 11) is 1.67. The summed E-state index contributed by atoms with van der Waals surface area (Å²) in [5.74, 6) is -1.54. The number of nitrogens with one attached hydrogen (secondary N) is 1. The van der Waals surface area contributed by atoms with Crippen LogP contribution >= 0.6 is 0 Å². The lowest BCUT2D eigenvalue weighted by Crippen LogP contribution is -2.34. The number of carboxylic acids is 1. The summed E-state index contributed by atoms with van der Waals surface area (Å²) in [6.07, 6.45) is 1.65. The van der Waals surface area contributed by atoms with Crippen LogP contribution in [0.5, 0.6) is 0 Å². The number of hydrogen-bond donors (Lipinski definition) is 2. The van der Waals surface area contributed by atoms with E-state index in [0.29, 0.717) is 35.7 Å². The minimum atomic E-state index is -0.819. The van der Waals surface area contributed by atoms with Crippen molar-refractivity contribution < 1.29 is 14.7 Å². The Morgan fingerprint density at radius 1 is 1.26 bits per heavy atom. The van der Waals surface area contributed by atoms with Crippen molar-refractivity contribution in [1.29, 1.82) is 0 Å². The maximum Gasteiger partial charge on any atom is 0.306 e. The van der Waals surface area contributed by atoms with Gasteiger partial charge in [0.2, 0.25) is 0 Å². The van der Waals surface area contributed by atoms with Crippen LogP contribution in [0.15, 0.2) is 35.1 Å². The lowest BCUT2D eigenvalue weighted by atomic mass is 10.1. The molecule has 6 nitrogen and oxygen atoms in total. The van der Waals surface area contributed by atoms with Crippen molar-refractivity contribution >= 4 is 22.8 Å². The van der Waals surface area contributed by atoms with Crippen LogP contribution in [0.2, 0.25) is 0 Å². The van der Waals surface area contributed by atoms with E-state index in [1.807, 2.05) is 12.1 Å². The zero-order chi connectivity index (χ0) is 16.6. The average Bonchev–Trinajstić information content (AvgIpc) is 2.99. The minimum absolute atomic E-state index is 0.161. The van der Waals surface area contributed by atoms with Gasteiger partial charge in [-0.1, -0.05) is 18.2 Å². The average molecular weight is 314 g/mol. The number of hydrogen-bond acceptors (Lipinski definition) is 3. The molecule has 1 amide bonds. The molecule has 1 heterocycles. The number of rotatable bonds is 3. The summed E-state index contributed by atoms with van der Waals surface area (Å²) in [5, 5.41) is 12.6. The van der Waals surface area contributed by atoms with E-state index < -0.39 is 11.9 Å². The standard InChI is InChI=1S/C17H18N2O4/c1-19-14-5-3-2-4-12(14)13(9-15(19)20)16(21)18-11-7-6-10(8-11)17(22)23/h2-5,9-11H,6-8H2,1H3,(H,18,21)(H,22,23)/t10-,11+/m1/s1. The largest absolute Gasteiger partial charge is 0.481 e. The summed E-state index contributed by atoms with van der Waals surface area (Å²) in [5.41, 5.74) is 0.783. The van der Waals surface area contributed by atoms with Gasteiger partial charge in [-0.15, -0.1) is 0 Å². The number of carbonyl (C=O) groups excluding carboxylic acids is 1. The van der Waals surface area contributed by atoms with Gasteiger partial charge >= 0.3 is 5.97 Å². The Bertz CT molecular complexity index is 840. The van der Waals surface area contributed by atoms with E-state index in [9.17, 15) is 14.4 Å². The van der Waals surface area contributed by atoms with Crippen molar-refractivity contribution in [2.45, 2.75) is 25.3 Å². The fourth-order valence-corrected chi connectivity index (χ4v) is 3.20. The summed E-state index contributed by atoms with van der Waals surface area (Å²) in [6.45, 7) is 0. The van der Waals surface area contributed by atoms with E-state index in [4.69, 9.17) is 5.11 Å². The quantitative estimate of drug-likeness (QED) is 0.899. The van der Waals surface area contributed by atoms with E-state index in [2.05, 4.69) is 5.32 Å². The Morgan fingerprint density at radius 3 is 2.70 bits per heavy atom. The molecule has 0 aliphatic heterocycles. The molecule has 1 aromatic carbocycles. The lowest BCUT2D eigenvalue weighted by molar-refractivity contribution is -0.141. The number of pyridine rings is 1. The number of para-hydroxylation sites is 1. The number of carbonyl (C=O) groups is 2. The molecule has 2 atom stereocenters. The highest BCUT2D eigenvalue weighted by Gasteiger charge is 2.31. The predicted octanol–water partition coefficient (Wildman–Crippen LogP) is 1.52. The van der Waals surface area contributed by atoms with Gasteiger partial charge in [0.15, 0.2) is 0 Å². The van der Waals surface area contributed by atoms with E-state index in [-0.39, 0.29) is 17.5 Å². The van der Waals surface area contributed by atoms with Crippen LogP contribution in [-0.2, 0) is 11.8 Å². The third kappa shape index (κ3) is 2.84. The third-order valence-electron chi connectivity index (χ3n) is 4.52. The van der Waals surface area contributed by atoms with E-state index >= 15 is 0 Å². The predicted molar refractivity (Wildman–Crippen MR) is 85.4 cm³/mol. The smallest absolute Gasteiger partial charge is 0.306 e. The lowest BCUT2D eigenvalue weighted by Gasteiger charge is -2.14. The maximum atomic E-state index is 12.5. The van der Waals surface area contributed by atoms with Crippen molar-refractivity contribution in [2.75, 3.05) is 0 Å². The van der Waals surface area contributed by atoms with E-state index in [1.165, 1.54) is 10.6 Å². The number of fused-ring (bicyclic) bond motifs is 1. The van der Waals surface area contributed by atoms with Crippen molar-refractivity contribution in [3.05, 3.63) is 46.2 Å². The normalized spacial score (nSPS) is 20.6. The Hall–Kier alpha value is -2.63. The number of nitrogens with zero attached hydrogens (tertiary/aromatic N) is 1. The first-order valence-corrected chi connectivity index (χ1v) is 7.60. The second kappa shape index (κ2) is 5.87. The SMILES string of the molecule is Cn1c(=O)cc(C(=O)N[C@H]2CC[C@@H](C(=O)O)C2)c2ccccc21.